The average molecular weight is 442 g/mol. The zero-order valence-electron chi connectivity index (χ0n) is 16.5. The van der Waals surface area contributed by atoms with Gasteiger partial charge < -0.3 is 16.0 Å². The van der Waals surface area contributed by atoms with Crippen LogP contribution in [0.2, 0.25) is 0 Å². The summed E-state index contributed by atoms with van der Waals surface area (Å²) in [5.74, 6) is -0.207. The number of nitrogens with two attached hydrogens (primary N) is 1. The lowest BCUT2D eigenvalue weighted by atomic mass is 9.94. The molecule has 3 atom stereocenters. The van der Waals surface area contributed by atoms with E-state index in [9.17, 15) is 4.79 Å². The molecule has 5 nitrogen and oxygen atoms in total. The minimum Gasteiger partial charge on any atom is -0.354 e. The second-order valence-electron chi connectivity index (χ2n) is 6.79. The highest BCUT2D eigenvalue weighted by molar-refractivity contribution is 5.86. The molecule has 1 aromatic carbocycles. The molecule has 2 rings (SSSR count). The van der Waals surface area contributed by atoms with E-state index in [4.69, 9.17) is 5.73 Å². The molecule has 0 bridgehead atoms. The Balaban J connectivity index is 0. The first-order chi connectivity index (χ1) is 11.5. The van der Waals surface area contributed by atoms with Crippen LogP contribution in [0.3, 0.4) is 0 Å². The second-order valence-corrected chi connectivity index (χ2v) is 6.79. The number of nitrogens with zero attached hydrogens (tertiary/aromatic N) is 2. The smallest absolute Gasteiger partial charge is 0.224 e. The van der Waals surface area contributed by atoms with Crippen molar-refractivity contribution in [3.63, 3.8) is 0 Å². The number of nitrogens with one attached hydrogen (secondary N) is 1. The Hall–Kier alpha value is -0.560. The van der Waals surface area contributed by atoms with Crippen molar-refractivity contribution in [3.05, 3.63) is 35.9 Å². The molecular weight excluding hydrogens is 407 g/mol. The Morgan fingerprint density at radius 2 is 1.63 bits per heavy atom. The van der Waals surface area contributed by atoms with Crippen LogP contribution < -0.4 is 11.1 Å². The van der Waals surface area contributed by atoms with Gasteiger partial charge in [0.25, 0.3) is 0 Å². The van der Waals surface area contributed by atoms with Crippen molar-refractivity contribution in [2.45, 2.75) is 32.9 Å². The first-order valence-corrected chi connectivity index (χ1v) is 9.07. The van der Waals surface area contributed by atoms with Gasteiger partial charge in [-0.1, -0.05) is 44.2 Å². The van der Waals surface area contributed by atoms with Crippen LogP contribution in [-0.4, -0.2) is 61.0 Å². The summed E-state index contributed by atoms with van der Waals surface area (Å²) in [7, 11) is 0. The number of carbonyl (C=O) groups is 1. The van der Waals surface area contributed by atoms with Crippen molar-refractivity contribution in [1.29, 1.82) is 0 Å². The summed E-state index contributed by atoms with van der Waals surface area (Å²) in [6.45, 7) is 12.5. The van der Waals surface area contributed by atoms with Crippen LogP contribution in [0.4, 0.5) is 0 Å². The number of likely N-dealkylation sites (N-methyl/N-ethyl adjacent to an activating group) is 1. The fourth-order valence-corrected chi connectivity index (χ4v) is 3.19. The van der Waals surface area contributed by atoms with Gasteiger partial charge in [0.15, 0.2) is 0 Å². The SMILES string of the molecule is CCN1CCN(C(C)CNC(=O)C(C)C(N)c2ccccc2)CC1.Cl.Cl.Cl. The third-order valence-corrected chi connectivity index (χ3v) is 5.19. The fourth-order valence-electron chi connectivity index (χ4n) is 3.19. The predicted molar refractivity (Wildman–Crippen MR) is 120 cm³/mol. The van der Waals surface area contributed by atoms with E-state index in [-0.39, 0.29) is 55.1 Å². The maximum Gasteiger partial charge on any atom is 0.224 e. The van der Waals surface area contributed by atoms with Crippen LogP contribution in [-0.2, 0) is 4.79 Å². The van der Waals surface area contributed by atoms with Gasteiger partial charge in [-0.2, -0.15) is 0 Å². The standard InChI is InChI=1S/C19H32N4O.3ClH/c1-4-22-10-12-23(13-11-22)15(2)14-21-19(24)16(3)18(20)17-8-6-5-7-9-17;;;/h5-9,15-16,18H,4,10-14,20H2,1-3H3,(H,21,24);3*1H. The van der Waals surface area contributed by atoms with Crippen LogP contribution in [0.25, 0.3) is 0 Å². The molecule has 1 heterocycles. The normalized spacial score (nSPS) is 18.1. The van der Waals surface area contributed by atoms with Crippen molar-refractivity contribution >= 4 is 43.1 Å². The molecule has 3 N–H and O–H groups in total. The molecule has 1 aromatic rings. The van der Waals surface area contributed by atoms with E-state index < -0.39 is 0 Å². The first-order valence-electron chi connectivity index (χ1n) is 9.07. The summed E-state index contributed by atoms with van der Waals surface area (Å²) in [5.41, 5.74) is 7.25. The molecule has 1 aliphatic rings. The largest absolute Gasteiger partial charge is 0.354 e. The predicted octanol–water partition coefficient (Wildman–Crippen LogP) is 2.73. The van der Waals surface area contributed by atoms with Gasteiger partial charge >= 0.3 is 0 Å². The van der Waals surface area contributed by atoms with Gasteiger partial charge in [0.1, 0.15) is 0 Å². The van der Waals surface area contributed by atoms with E-state index in [2.05, 4.69) is 29.0 Å². The summed E-state index contributed by atoms with van der Waals surface area (Å²) in [5, 5.41) is 3.08. The molecule has 0 radical (unpaired) electrons. The lowest BCUT2D eigenvalue weighted by molar-refractivity contribution is -0.125. The number of rotatable bonds is 7. The molecule has 1 fully saturated rings. The molecule has 0 aliphatic carbocycles. The molecule has 0 aromatic heterocycles. The van der Waals surface area contributed by atoms with E-state index in [1.165, 1.54) is 0 Å². The number of amides is 1. The van der Waals surface area contributed by atoms with E-state index >= 15 is 0 Å². The molecule has 27 heavy (non-hydrogen) atoms. The molecule has 1 aliphatic heterocycles. The van der Waals surface area contributed by atoms with Crippen LogP contribution in [0.1, 0.15) is 32.4 Å². The Labute approximate surface area is 182 Å². The number of benzene rings is 1. The maximum atomic E-state index is 12.4. The van der Waals surface area contributed by atoms with Crippen LogP contribution in [0.5, 0.6) is 0 Å². The summed E-state index contributed by atoms with van der Waals surface area (Å²) in [6.07, 6.45) is 0. The number of hydrogen-bond acceptors (Lipinski definition) is 4. The van der Waals surface area contributed by atoms with Gasteiger partial charge in [0.05, 0.1) is 5.92 Å². The van der Waals surface area contributed by atoms with Crippen LogP contribution >= 0.6 is 37.2 Å². The first kappa shape index (κ1) is 28.6. The van der Waals surface area contributed by atoms with E-state index in [0.29, 0.717) is 12.6 Å². The van der Waals surface area contributed by atoms with Crippen molar-refractivity contribution in [1.82, 2.24) is 15.1 Å². The molecular formula is C19H35Cl3N4O. The topological polar surface area (TPSA) is 61.6 Å². The molecule has 1 amide bonds. The molecule has 1 saturated heterocycles. The third-order valence-electron chi connectivity index (χ3n) is 5.19. The third kappa shape index (κ3) is 8.55. The molecule has 0 spiro atoms. The van der Waals surface area contributed by atoms with Gasteiger partial charge in [-0.15, -0.1) is 37.2 Å². The summed E-state index contributed by atoms with van der Waals surface area (Å²) < 4.78 is 0. The highest BCUT2D eigenvalue weighted by Crippen LogP contribution is 2.19. The highest BCUT2D eigenvalue weighted by Gasteiger charge is 2.24. The van der Waals surface area contributed by atoms with Crippen molar-refractivity contribution in [2.75, 3.05) is 39.3 Å². The zero-order valence-corrected chi connectivity index (χ0v) is 18.9. The van der Waals surface area contributed by atoms with Crippen molar-refractivity contribution in [3.8, 4) is 0 Å². The van der Waals surface area contributed by atoms with Crippen molar-refractivity contribution < 1.29 is 4.79 Å². The summed E-state index contributed by atoms with van der Waals surface area (Å²) in [4.78, 5) is 17.3. The zero-order chi connectivity index (χ0) is 17.5. The van der Waals surface area contributed by atoms with E-state index in [1.54, 1.807) is 0 Å². The lowest BCUT2D eigenvalue weighted by Gasteiger charge is -2.37. The van der Waals surface area contributed by atoms with Gasteiger partial charge in [0.2, 0.25) is 5.91 Å². The van der Waals surface area contributed by atoms with Gasteiger partial charge in [-0.05, 0) is 19.0 Å². The second kappa shape index (κ2) is 14.4. The Kier molecular flexibility index (Phi) is 15.3. The Morgan fingerprint density at radius 1 is 1.07 bits per heavy atom. The summed E-state index contributed by atoms with van der Waals surface area (Å²) in [6, 6.07) is 9.91. The Morgan fingerprint density at radius 3 is 2.15 bits per heavy atom. The minimum atomic E-state index is -0.269. The van der Waals surface area contributed by atoms with Crippen LogP contribution in [0.15, 0.2) is 30.3 Å². The van der Waals surface area contributed by atoms with Crippen molar-refractivity contribution in [2.24, 2.45) is 11.7 Å². The number of piperazine rings is 1. The fraction of sp³-hybridized carbons (Fsp3) is 0.632. The monoisotopic (exact) mass is 440 g/mol. The van der Waals surface area contributed by atoms with Gasteiger partial charge in [-0.3, -0.25) is 9.69 Å². The molecule has 8 heteroatoms. The lowest BCUT2D eigenvalue weighted by Crippen LogP contribution is -2.52. The highest BCUT2D eigenvalue weighted by atomic mass is 35.5. The van der Waals surface area contributed by atoms with Gasteiger partial charge in [0, 0.05) is 44.8 Å². The van der Waals surface area contributed by atoms with Crippen LogP contribution in [0, 0.1) is 5.92 Å². The number of halogens is 3. The van der Waals surface area contributed by atoms with Gasteiger partial charge in [-0.25, -0.2) is 0 Å². The molecule has 3 unspecified atom stereocenters. The minimum absolute atomic E-state index is 0. The Bertz CT molecular complexity index is 513. The average Bonchev–Trinajstić information content (AvgIpc) is 2.65. The maximum absolute atomic E-state index is 12.4. The van der Waals surface area contributed by atoms with E-state index in [0.717, 1.165) is 38.3 Å². The summed E-state index contributed by atoms with van der Waals surface area (Å²) >= 11 is 0. The molecule has 158 valence electrons. The molecule has 0 saturated carbocycles. The van der Waals surface area contributed by atoms with E-state index in [1.807, 2.05) is 37.3 Å². The number of carbonyl (C=O) groups excluding carboxylic acids is 1. The number of hydrogen-bond donors (Lipinski definition) is 2. The quantitative estimate of drug-likeness (QED) is 0.683.